The van der Waals surface area contributed by atoms with Crippen molar-refractivity contribution in [3.63, 3.8) is 0 Å². The monoisotopic (exact) mass is 284 g/mol. The van der Waals surface area contributed by atoms with Crippen LogP contribution in [0.25, 0.3) is 11.3 Å². The van der Waals surface area contributed by atoms with Gasteiger partial charge in [0, 0.05) is 12.1 Å². The summed E-state index contributed by atoms with van der Waals surface area (Å²) in [4.78, 5) is 12.4. The van der Waals surface area contributed by atoms with Gasteiger partial charge in [-0.15, -0.1) is 0 Å². The topological polar surface area (TPSA) is 69.8 Å². The van der Waals surface area contributed by atoms with E-state index in [1.165, 1.54) is 12.8 Å². The predicted molar refractivity (Wildman–Crippen MR) is 82.0 cm³/mol. The predicted octanol–water partition coefficient (Wildman–Crippen LogP) is 1.81. The molecule has 1 aliphatic rings. The van der Waals surface area contributed by atoms with E-state index in [9.17, 15) is 4.79 Å². The number of hydrogen-bond donors (Lipinski definition) is 3. The van der Waals surface area contributed by atoms with Gasteiger partial charge in [-0.3, -0.25) is 9.89 Å². The summed E-state index contributed by atoms with van der Waals surface area (Å²) in [5.41, 5.74) is 2.35. The van der Waals surface area contributed by atoms with Gasteiger partial charge in [0.15, 0.2) is 0 Å². The minimum Gasteiger partial charge on any atom is -0.352 e. The van der Waals surface area contributed by atoms with Gasteiger partial charge in [0.05, 0.1) is 17.5 Å². The molecule has 0 aliphatic carbocycles. The number of carbonyl (C=O) groups excluding carboxylic acids is 1. The summed E-state index contributed by atoms with van der Waals surface area (Å²) in [6, 6.07) is 9.79. The number of nitrogens with zero attached hydrogens (tertiary/aromatic N) is 1. The molecule has 2 heterocycles. The molecule has 5 heteroatoms. The molecular weight excluding hydrogens is 264 g/mol. The zero-order chi connectivity index (χ0) is 14.5. The quantitative estimate of drug-likeness (QED) is 0.802. The van der Waals surface area contributed by atoms with Crippen molar-refractivity contribution in [2.45, 2.75) is 12.8 Å². The minimum atomic E-state index is -0.0619. The van der Waals surface area contributed by atoms with E-state index in [1.54, 1.807) is 6.20 Å². The van der Waals surface area contributed by atoms with Crippen molar-refractivity contribution in [2.75, 3.05) is 19.6 Å². The maximum absolute atomic E-state index is 12.4. The third kappa shape index (κ3) is 3.31. The lowest BCUT2D eigenvalue weighted by Gasteiger charge is -2.22. The lowest BCUT2D eigenvalue weighted by molar-refractivity contribution is 0.0945. The Balaban J connectivity index is 1.66. The molecule has 1 aromatic heterocycles. The molecule has 1 aromatic carbocycles. The molecule has 3 rings (SSSR count). The summed E-state index contributed by atoms with van der Waals surface area (Å²) in [7, 11) is 0. The first kappa shape index (κ1) is 13.8. The Morgan fingerprint density at radius 2 is 2.19 bits per heavy atom. The summed E-state index contributed by atoms with van der Waals surface area (Å²) in [6.45, 7) is 2.78. The van der Waals surface area contributed by atoms with Crippen LogP contribution in [0.2, 0.25) is 0 Å². The van der Waals surface area contributed by atoms with Gasteiger partial charge in [0.25, 0.3) is 5.91 Å². The molecule has 1 unspecified atom stereocenters. The third-order valence-electron chi connectivity index (χ3n) is 3.90. The Labute approximate surface area is 124 Å². The molecule has 2 aromatic rings. The van der Waals surface area contributed by atoms with E-state index in [-0.39, 0.29) is 5.91 Å². The van der Waals surface area contributed by atoms with E-state index >= 15 is 0 Å². The molecule has 21 heavy (non-hydrogen) atoms. The van der Waals surface area contributed by atoms with Crippen molar-refractivity contribution in [2.24, 2.45) is 5.92 Å². The minimum absolute atomic E-state index is 0.0619. The number of benzene rings is 1. The molecule has 5 nitrogen and oxygen atoms in total. The van der Waals surface area contributed by atoms with Crippen LogP contribution < -0.4 is 10.6 Å². The normalized spacial score (nSPS) is 18.4. The number of nitrogens with one attached hydrogen (secondary N) is 3. The average Bonchev–Trinajstić information content (AvgIpc) is 3.04. The first-order chi connectivity index (χ1) is 10.3. The highest BCUT2D eigenvalue weighted by atomic mass is 16.1. The van der Waals surface area contributed by atoms with E-state index in [0.717, 1.165) is 24.3 Å². The first-order valence-electron chi connectivity index (χ1n) is 7.42. The Bertz CT molecular complexity index is 587. The van der Waals surface area contributed by atoms with Crippen LogP contribution in [-0.4, -0.2) is 35.7 Å². The highest BCUT2D eigenvalue weighted by Crippen LogP contribution is 2.20. The smallest absolute Gasteiger partial charge is 0.255 e. The Kier molecular flexibility index (Phi) is 4.31. The van der Waals surface area contributed by atoms with Gasteiger partial charge in [-0.05, 0) is 31.8 Å². The lowest BCUT2D eigenvalue weighted by atomic mass is 9.99. The summed E-state index contributed by atoms with van der Waals surface area (Å²) < 4.78 is 0. The number of hydrogen-bond acceptors (Lipinski definition) is 3. The van der Waals surface area contributed by atoms with E-state index in [2.05, 4.69) is 20.8 Å². The van der Waals surface area contributed by atoms with Crippen molar-refractivity contribution in [1.82, 2.24) is 20.8 Å². The molecule has 1 saturated heterocycles. The summed E-state index contributed by atoms with van der Waals surface area (Å²) in [5.74, 6) is 0.461. The molecule has 0 radical (unpaired) electrons. The molecule has 1 amide bonds. The van der Waals surface area contributed by atoms with Crippen LogP contribution in [0.15, 0.2) is 36.5 Å². The molecule has 3 N–H and O–H groups in total. The van der Waals surface area contributed by atoms with Crippen LogP contribution in [0.1, 0.15) is 23.2 Å². The fourth-order valence-corrected chi connectivity index (χ4v) is 2.71. The molecular formula is C16H20N4O. The van der Waals surface area contributed by atoms with Gasteiger partial charge >= 0.3 is 0 Å². The van der Waals surface area contributed by atoms with E-state index in [4.69, 9.17) is 0 Å². The van der Waals surface area contributed by atoms with Gasteiger partial charge in [-0.1, -0.05) is 30.3 Å². The molecule has 1 fully saturated rings. The number of H-pyrrole nitrogens is 1. The first-order valence-corrected chi connectivity index (χ1v) is 7.42. The van der Waals surface area contributed by atoms with Crippen LogP contribution in [-0.2, 0) is 0 Å². The molecule has 0 spiro atoms. The number of rotatable bonds is 4. The summed E-state index contributed by atoms with van der Waals surface area (Å²) >= 11 is 0. The van der Waals surface area contributed by atoms with Gasteiger partial charge in [-0.25, -0.2) is 0 Å². The van der Waals surface area contributed by atoms with E-state index in [0.29, 0.717) is 18.0 Å². The fraction of sp³-hybridized carbons (Fsp3) is 0.375. The lowest BCUT2D eigenvalue weighted by Crippen LogP contribution is -2.38. The molecule has 110 valence electrons. The summed E-state index contributed by atoms with van der Waals surface area (Å²) in [5, 5.41) is 13.3. The van der Waals surface area contributed by atoms with E-state index < -0.39 is 0 Å². The maximum atomic E-state index is 12.4. The molecule has 0 bridgehead atoms. The standard InChI is InChI=1S/C16H20N4O/c21-16(18-10-12-5-4-8-17-9-12)14-11-19-20-15(14)13-6-2-1-3-7-13/h1-3,6-7,11-12,17H,4-5,8-10H2,(H,18,21)(H,19,20). The van der Waals surface area contributed by atoms with Crippen LogP contribution in [0, 0.1) is 5.92 Å². The van der Waals surface area contributed by atoms with Gasteiger partial charge < -0.3 is 10.6 Å². The zero-order valence-electron chi connectivity index (χ0n) is 11.9. The van der Waals surface area contributed by atoms with Gasteiger partial charge in [0.2, 0.25) is 0 Å². The van der Waals surface area contributed by atoms with Crippen LogP contribution in [0.5, 0.6) is 0 Å². The second-order valence-corrected chi connectivity index (χ2v) is 5.45. The van der Waals surface area contributed by atoms with Crippen molar-refractivity contribution < 1.29 is 4.79 Å². The van der Waals surface area contributed by atoms with Crippen molar-refractivity contribution in [3.05, 3.63) is 42.1 Å². The van der Waals surface area contributed by atoms with E-state index in [1.807, 2.05) is 30.3 Å². The number of aromatic amines is 1. The Morgan fingerprint density at radius 3 is 2.95 bits per heavy atom. The SMILES string of the molecule is O=C(NCC1CCCNC1)c1cn[nH]c1-c1ccccc1. The Morgan fingerprint density at radius 1 is 1.33 bits per heavy atom. The number of piperidine rings is 1. The maximum Gasteiger partial charge on any atom is 0.255 e. The number of amides is 1. The third-order valence-corrected chi connectivity index (χ3v) is 3.90. The number of aromatic nitrogens is 2. The highest BCUT2D eigenvalue weighted by Gasteiger charge is 2.18. The Hall–Kier alpha value is -2.14. The number of carbonyl (C=O) groups is 1. The second-order valence-electron chi connectivity index (χ2n) is 5.45. The average molecular weight is 284 g/mol. The van der Waals surface area contributed by atoms with Gasteiger partial charge in [-0.2, -0.15) is 5.10 Å². The van der Waals surface area contributed by atoms with Crippen LogP contribution >= 0.6 is 0 Å². The zero-order valence-corrected chi connectivity index (χ0v) is 11.9. The molecule has 0 saturated carbocycles. The van der Waals surface area contributed by atoms with Crippen LogP contribution in [0.4, 0.5) is 0 Å². The molecule has 1 aliphatic heterocycles. The summed E-state index contributed by atoms with van der Waals surface area (Å²) in [6.07, 6.45) is 3.95. The van der Waals surface area contributed by atoms with Crippen LogP contribution in [0.3, 0.4) is 0 Å². The van der Waals surface area contributed by atoms with Crippen molar-refractivity contribution in [3.8, 4) is 11.3 Å². The fourth-order valence-electron chi connectivity index (χ4n) is 2.71. The van der Waals surface area contributed by atoms with Gasteiger partial charge in [0.1, 0.15) is 0 Å². The highest BCUT2D eigenvalue weighted by molar-refractivity contribution is 5.99. The second kappa shape index (κ2) is 6.54. The largest absolute Gasteiger partial charge is 0.352 e. The molecule has 1 atom stereocenters. The van der Waals surface area contributed by atoms with Crippen molar-refractivity contribution >= 4 is 5.91 Å². The van der Waals surface area contributed by atoms with Crippen molar-refractivity contribution in [1.29, 1.82) is 0 Å².